The van der Waals surface area contributed by atoms with Crippen LogP contribution in [0.3, 0.4) is 0 Å². The number of H-pyrrole nitrogens is 1. The molecule has 2 heterocycles. The lowest BCUT2D eigenvalue weighted by molar-refractivity contribution is 0.605. The van der Waals surface area contributed by atoms with E-state index >= 15 is 0 Å². The summed E-state index contributed by atoms with van der Waals surface area (Å²) in [6, 6.07) is 32.4. The monoisotopic (exact) mass is 513 g/mol. The first-order valence-electron chi connectivity index (χ1n) is 13.3. The van der Waals surface area contributed by atoms with Gasteiger partial charge in [-0.15, -0.1) is 0 Å². The minimum absolute atomic E-state index is 0.00924. The fourth-order valence-electron chi connectivity index (χ4n) is 5.21. The molecule has 194 valence electrons. The molecule has 4 aromatic carbocycles. The van der Waals surface area contributed by atoms with Crippen molar-refractivity contribution < 1.29 is 4.42 Å². The SMILES string of the molecule is Cc1cc([C@@H](C)Nc2ccccc2-c2cn(Cc3ccccc3)[nH]2)c2oc(-c3ccccc3)c(C)c(=O)c2c1. The summed E-state index contributed by atoms with van der Waals surface area (Å²) in [5, 5.41) is 7.78. The van der Waals surface area contributed by atoms with E-state index < -0.39 is 0 Å². The molecule has 0 bridgehead atoms. The Labute approximate surface area is 227 Å². The third-order valence-corrected chi connectivity index (χ3v) is 7.23. The van der Waals surface area contributed by atoms with Crippen LogP contribution < -0.4 is 10.7 Å². The van der Waals surface area contributed by atoms with Gasteiger partial charge < -0.3 is 9.73 Å². The number of aromatic nitrogens is 2. The smallest absolute Gasteiger partial charge is 0.196 e. The fourth-order valence-corrected chi connectivity index (χ4v) is 5.21. The summed E-state index contributed by atoms with van der Waals surface area (Å²) in [7, 11) is 0. The van der Waals surface area contributed by atoms with Gasteiger partial charge in [-0.2, -0.15) is 0 Å². The molecule has 0 amide bonds. The predicted molar refractivity (Wildman–Crippen MR) is 159 cm³/mol. The maximum atomic E-state index is 13.5. The second-order valence-electron chi connectivity index (χ2n) is 10.2. The van der Waals surface area contributed by atoms with Crippen molar-refractivity contribution in [1.82, 2.24) is 9.78 Å². The van der Waals surface area contributed by atoms with Crippen molar-refractivity contribution in [2.75, 3.05) is 5.32 Å². The number of nitrogens with zero attached hydrogens (tertiary/aromatic N) is 1. The Morgan fingerprint density at radius 1 is 0.897 bits per heavy atom. The number of fused-ring (bicyclic) bond motifs is 1. The minimum Gasteiger partial charge on any atom is -0.455 e. The van der Waals surface area contributed by atoms with Gasteiger partial charge in [0.15, 0.2) is 5.43 Å². The Morgan fingerprint density at radius 3 is 2.31 bits per heavy atom. The molecule has 0 saturated heterocycles. The highest BCUT2D eigenvalue weighted by atomic mass is 16.3. The zero-order chi connectivity index (χ0) is 26.9. The fraction of sp³-hybridized carbons (Fsp3) is 0.147. The van der Waals surface area contributed by atoms with Crippen molar-refractivity contribution in [2.24, 2.45) is 0 Å². The topological polar surface area (TPSA) is 63.0 Å². The van der Waals surface area contributed by atoms with Gasteiger partial charge in [-0.3, -0.25) is 14.6 Å². The maximum Gasteiger partial charge on any atom is 0.196 e. The minimum atomic E-state index is -0.107. The molecule has 6 aromatic rings. The van der Waals surface area contributed by atoms with E-state index in [1.165, 1.54) is 5.56 Å². The highest BCUT2D eigenvalue weighted by Gasteiger charge is 2.20. The number of aromatic amines is 1. The van der Waals surface area contributed by atoms with Crippen LogP contribution in [0.15, 0.2) is 112 Å². The van der Waals surface area contributed by atoms with E-state index in [4.69, 9.17) is 4.42 Å². The molecular weight excluding hydrogens is 482 g/mol. The summed E-state index contributed by atoms with van der Waals surface area (Å²) in [4.78, 5) is 13.5. The van der Waals surface area contributed by atoms with Crippen LogP contribution in [-0.2, 0) is 6.54 Å². The van der Waals surface area contributed by atoms with Crippen LogP contribution in [0.25, 0.3) is 33.6 Å². The summed E-state index contributed by atoms with van der Waals surface area (Å²) in [6.45, 7) is 6.77. The Balaban J connectivity index is 1.35. The van der Waals surface area contributed by atoms with Gasteiger partial charge in [-0.1, -0.05) is 84.9 Å². The number of para-hydroxylation sites is 1. The van der Waals surface area contributed by atoms with Gasteiger partial charge in [-0.25, -0.2) is 0 Å². The first kappa shape index (κ1) is 24.6. The largest absolute Gasteiger partial charge is 0.455 e. The zero-order valence-electron chi connectivity index (χ0n) is 22.4. The van der Waals surface area contributed by atoms with Gasteiger partial charge in [-0.05, 0) is 44.0 Å². The van der Waals surface area contributed by atoms with Crippen LogP contribution >= 0.6 is 0 Å². The van der Waals surface area contributed by atoms with E-state index in [0.717, 1.165) is 40.2 Å². The molecule has 0 aliphatic heterocycles. The van der Waals surface area contributed by atoms with Gasteiger partial charge in [0, 0.05) is 34.1 Å². The lowest BCUT2D eigenvalue weighted by atomic mass is 9.98. The third-order valence-electron chi connectivity index (χ3n) is 7.23. The van der Waals surface area contributed by atoms with Gasteiger partial charge in [0.05, 0.1) is 23.7 Å². The number of benzene rings is 4. The second kappa shape index (κ2) is 10.2. The van der Waals surface area contributed by atoms with Crippen LogP contribution in [-0.4, -0.2) is 9.78 Å². The number of hydrogen-bond donors (Lipinski definition) is 2. The zero-order valence-corrected chi connectivity index (χ0v) is 22.4. The second-order valence-corrected chi connectivity index (χ2v) is 10.2. The summed E-state index contributed by atoms with van der Waals surface area (Å²) in [5.41, 5.74) is 8.55. The van der Waals surface area contributed by atoms with E-state index in [1.54, 1.807) is 0 Å². The van der Waals surface area contributed by atoms with Crippen LogP contribution in [0.2, 0.25) is 0 Å². The van der Waals surface area contributed by atoms with Crippen LogP contribution in [0.4, 0.5) is 5.69 Å². The number of rotatable bonds is 7. The molecule has 5 nitrogen and oxygen atoms in total. The number of anilines is 1. The molecule has 0 unspecified atom stereocenters. The van der Waals surface area contributed by atoms with Gasteiger partial charge in [0.1, 0.15) is 11.3 Å². The molecule has 2 aromatic heterocycles. The number of aryl methyl sites for hydroxylation is 1. The molecule has 1 atom stereocenters. The normalized spacial score (nSPS) is 12.1. The summed E-state index contributed by atoms with van der Waals surface area (Å²) in [5.74, 6) is 0.619. The standard InChI is InChI=1S/C34H31N3O2/c1-22-18-28(34-29(19-22)32(38)23(2)33(39-34)26-14-8-5-9-15-26)24(3)35-30-17-11-10-16-27(30)31-21-37(36-31)20-25-12-6-4-7-13-25/h4-19,21,24,35-36H,20H2,1-3H3/t24-/m1/s1. The third kappa shape index (κ3) is 4.79. The van der Waals surface area contributed by atoms with Gasteiger partial charge in [0.25, 0.3) is 0 Å². The molecule has 0 saturated carbocycles. The van der Waals surface area contributed by atoms with Crippen molar-refractivity contribution in [2.45, 2.75) is 33.4 Å². The molecule has 6 rings (SSSR count). The van der Waals surface area contributed by atoms with Crippen molar-refractivity contribution in [3.8, 4) is 22.6 Å². The van der Waals surface area contributed by atoms with E-state index in [1.807, 2.05) is 68.4 Å². The van der Waals surface area contributed by atoms with Crippen molar-refractivity contribution in [3.05, 3.63) is 136 Å². The number of nitrogens with one attached hydrogen (secondary N) is 2. The van der Waals surface area contributed by atoms with Gasteiger partial charge >= 0.3 is 0 Å². The van der Waals surface area contributed by atoms with E-state index in [9.17, 15) is 4.79 Å². The maximum absolute atomic E-state index is 13.5. The van der Waals surface area contributed by atoms with Crippen LogP contribution in [0.5, 0.6) is 0 Å². The average molecular weight is 514 g/mol. The average Bonchev–Trinajstić information content (AvgIpc) is 2.94. The first-order chi connectivity index (χ1) is 19.0. The van der Waals surface area contributed by atoms with Crippen LogP contribution in [0.1, 0.15) is 35.2 Å². The summed E-state index contributed by atoms with van der Waals surface area (Å²) in [6.07, 6.45) is 2.13. The molecule has 39 heavy (non-hydrogen) atoms. The first-order valence-corrected chi connectivity index (χ1v) is 13.3. The molecule has 0 spiro atoms. The lowest BCUT2D eigenvalue weighted by Crippen LogP contribution is -2.14. The Morgan fingerprint density at radius 2 is 1.56 bits per heavy atom. The van der Waals surface area contributed by atoms with E-state index in [0.29, 0.717) is 22.3 Å². The molecule has 2 N–H and O–H groups in total. The Hall–Kier alpha value is -4.77. The van der Waals surface area contributed by atoms with Crippen molar-refractivity contribution >= 4 is 16.7 Å². The van der Waals surface area contributed by atoms with E-state index in [-0.39, 0.29) is 11.5 Å². The lowest BCUT2D eigenvalue weighted by Gasteiger charge is -2.22. The molecule has 0 fully saturated rings. The highest BCUT2D eigenvalue weighted by molar-refractivity contribution is 5.85. The number of hydrogen-bond acceptors (Lipinski definition) is 3. The molecule has 0 radical (unpaired) electrons. The Kier molecular flexibility index (Phi) is 6.41. The summed E-state index contributed by atoms with van der Waals surface area (Å²) < 4.78 is 8.60. The molecule has 0 aliphatic carbocycles. The summed E-state index contributed by atoms with van der Waals surface area (Å²) >= 11 is 0. The molecule has 0 aliphatic rings. The van der Waals surface area contributed by atoms with Crippen LogP contribution in [0, 0.1) is 13.8 Å². The quantitative estimate of drug-likeness (QED) is 0.227. The molecule has 5 heteroatoms. The van der Waals surface area contributed by atoms with E-state index in [2.05, 4.69) is 70.7 Å². The van der Waals surface area contributed by atoms with Crippen molar-refractivity contribution in [3.63, 3.8) is 0 Å². The molecular formula is C34H31N3O2. The highest BCUT2D eigenvalue weighted by Crippen LogP contribution is 2.34. The predicted octanol–water partition coefficient (Wildman–Crippen LogP) is 8.09. The van der Waals surface area contributed by atoms with Crippen molar-refractivity contribution in [1.29, 1.82) is 0 Å². The Bertz CT molecular complexity index is 1800. The van der Waals surface area contributed by atoms with Gasteiger partial charge in [0.2, 0.25) is 0 Å².